The Bertz CT molecular complexity index is 262. The number of hydrogen-bond acceptors (Lipinski definition) is 2. The molecule has 10 heavy (non-hydrogen) atoms. The molecular formula is C6H4ClFN2. The zero-order valence-electron chi connectivity index (χ0n) is 4.94. The van der Waals surface area contributed by atoms with Crippen molar-refractivity contribution < 1.29 is 4.39 Å². The van der Waals surface area contributed by atoms with Crippen molar-refractivity contribution in [2.45, 2.75) is 0 Å². The Morgan fingerprint density at radius 3 is 2.90 bits per heavy atom. The summed E-state index contributed by atoms with van der Waals surface area (Å²) in [7, 11) is 0. The molecule has 0 spiro atoms. The second-order valence-electron chi connectivity index (χ2n) is 1.64. The van der Waals surface area contributed by atoms with Gasteiger partial charge in [0.1, 0.15) is 5.69 Å². The van der Waals surface area contributed by atoms with E-state index in [1.165, 1.54) is 12.3 Å². The van der Waals surface area contributed by atoms with E-state index >= 15 is 0 Å². The molecule has 4 heteroatoms. The molecule has 0 aliphatic carbocycles. The van der Waals surface area contributed by atoms with Gasteiger partial charge in [-0.15, -0.1) is 0 Å². The monoisotopic (exact) mass is 158 g/mol. The van der Waals surface area contributed by atoms with Crippen LogP contribution in [0.15, 0.2) is 12.3 Å². The Morgan fingerprint density at radius 1 is 1.70 bits per heavy atom. The van der Waals surface area contributed by atoms with Gasteiger partial charge in [0.2, 0.25) is 0 Å². The van der Waals surface area contributed by atoms with Crippen LogP contribution in [0.5, 0.6) is 0 Å². The second-order valence-corrected chi connectivity index (χ2v) is 2.04. The van der Waals surface area contributed by atoms with Gasteiger partial charge in [-0.1, -0.05) is 11.6 Å². The summed E-state index contributed by atoms with van der Waals surface area (Å²) in [5.74, 6) is -0.640. The summed E-state index contributed by atoms with van der Waals surface area (Å²) in [6.45, 7) is 0. The van der Waals surface area contributed by atoms with E-state index in [1.54, 1.807) is 0 Å². The first-order valence-electron chi connectivity index (χ1n) is 2.56. The van der Waals surface area contributed by atoms with E-state index < -0.39 is 5.82 Å². The number of aromatic nitrogens is 1. The molecule has 0 aromatic carbocycles. The van der Waals surface area contributed by atoms with Gasteiger partial charge in [0.15, 0.2) is 5.82 Å². The molecule has 1 aromatic rings. The van der Waals surface area contributed by atoms with Crippen LogP contribution in [0, 0.1) is 11.2 Å². The lowest BCUT2D eigenvalue weighted by Gasteiger charge is -1.94. The van der Waals surface area contributed by atoms with Crippen LogP contribution in [0.1, 0.15) is 5.69 Å². The average molecular weight is 159 g/mol. The van der Waals surface area contributed by atoms with Gasteiger partial charge in [0, 0.05) is 12.4 Å². The predicted molar refractivity (Wildman–Crippen MR) is 37.1 cm³/mol. The zero-order valence-corrected chi connectivity index (χ0v) is 5.69. The molecule has 0 amide bonds. The number of pyridine rings is 1. The molecule has 52 valence electrons. The zero-order chi connectivity index (χ0) is 7.56. The minimum atomic E-state index is -0.640. The summed E-state index contributed by atoms with van der Waals surface area (Å²) in [6.07, 6.45) is 2.17. The van der Waals surface area contributed by atoms with Crippen molar-refractivity contribution >= 4 is 17.8 Å². The smallest absolute Gasteiger partial charge is 0.168 e. The van der Waals surface area contributed by atoms with Gasteiger partial charge in [-0.2, -0.15) is 0 Å². The van der Waals surface area contributed by atoms with Crippen molar-refractivity contribution in [3.63, 3.8) is 0 Å². The van der Waals surface area contributed by atoms with Crippen molar-refractivity contribution in [2.24, 2.45) is 0 Å². The maximum atomic E-state index is 12.7. The molecule has 0 atom stereocenters. The van der Waals surface area contributed by atoms with Gasteiger partial charge in [0.25, 0.3) is 0 Å². The summed E-state index contributed by atoms with van der Waals surface area (Å²) >= 11 is 5.37. The third-order valence-electron chi connectivity index (χ3n) is 1.01. The van der Waals surface area contributed by atoms with Crippen LogP contribution in [0.25, 0.3) is 0 Å². The van der Waals surface area contributed by atoms with Gasteiger partial charge in [0.05, 0.1) is 5.02 Å². The molecule has 2 nitrogen and oxygen atoms in total. The molecule has 0 fully saturated rings. The largest absolute Gasteiger partial charge is 0.306 e. The van der Waals surface area contributed by atoms with Gasteiger partial charge in [-0.25, -0.2) is 4.39 Å². The number of rotatable bonds is 1. The lowest BCUT2D eigenvalue weighted by Crippen LogP contribution is -1.91. The Labute approximate surface area is 62.2 Å². The molecule has 0 radical (unpaired) electrons. The fourth-order valence-electron chi connectivity index (χ4n) is 0.536. The summed E-state index contributed by atoms with van der Waals surface area (Å²) in [5.41, 5.74) is -0.0347. The van der Waals surface area contributed by atoms with Gasteiger partial charge >= 0.3 is 0 Å². The maximum absolute atomic E-state index is 12.7. The minimum Gasteiger partial charge on any atom is -0.306 e. The number of nitrogens with zero attached hydrogens (tertiary/aromatic N) is 1. The molecule has 0 saturated carbocycles. The summed E-state index contributed by atoms with van der Waals surface area (Å²) in [4.78, 5) is 3.56. The van der Waals surface area contributed by atoms with E-state index in [-0.39, 0.29) is 10.7 Å². The summed E-state index contributed by atoms with van der Waals surface area (Å²) in [6, 6.07) is 1.34. The average Bonchev–Trinajstić information content (AvgIpc) is 1.95. The van der Waals surface area contributed by atoms with Crippen LogP contribution >= 0.6 is 11.6 Å². The van der Waals surface area contributed by atoms with Crippen LogP contribution in [0.2, 0.25) is 5.02 Å². The van der Waals surface area contributed by atoms with Crippen molar-refractivity contribution in [3.8, 4) is 0 Å². The second kappa shape index (κ2) is 2.75. The lowest BCUT2D eigenvalue weighted by molar-refractivity contribution is 0.619. The Hall–Kier alpha value is -0.960. The Kier molecular flexibility index (Phi) is 1.97. The Balaban J connectivity index is 3.27. The number of nitrogens with one attached hydrogen (secondary N) is 1. The van der Waals surface area contributed by atoms with Crippen molar-refractivity contribution in [3.05, 3.63) is 28.8 Å². The van der Waals surface area contributed by atoms with Gasteiger partial charge in [-0.3, -0.25) is 4.98 Å². The molecule has 0 aliphatic rings. The molecule has 1 N–H and O–H groups in total. The van der Waals surface area contributed by atoms with Crippen LogP contribution in [0.4, 0.5) is 4.39 Å². The number of halogens is 2. The van der Waals surface area contributed by atoms with Crippen molar-refractivity contribution in [1.29, 1.82) is 5.41 Å². The topological polar surface area (TPSA) is 36.7 Å². The third kappa shape index (κ3) is 1.14. The molecule has 0 aliphatic heterocycles. The SMILES string of the molecule is N=Cc1nccc(Cl)c1F. The van der Waals surface area contributed by atoms with Crippen LogP contribution in [-0.2, 0) is 0 Å². The van der Waals surface area contributed by atoms with Crippen LogP contribution in [0.3, 0.4) is 0 Å². The first-order valence-corrected chi connectivity index (χ1v) is 2.94. The highest BCUT2D eigenvalue weighted by Gasteiger charge is 2.03. The molecule has 0 saturated heterocycles. The molecule has 0 unspecified atom stereocenters. The molecule has 0 bridgehead atoms. The van der Waals surface area contributed by atoms with Gasteiger partial charge in [-0.05, 0) is 6.07 Å². The molecule has 1 aromatic heterocycles. The number of hydrogen-bond donors (Lipinski definition) is 1. The lowest BCUT2D eigenvalue weighted by atomic mass is 10.3. The van der Waals surface area contributed by atoms with Crippen molar-refractivity contribution in [2.75, 3.05) is 0 Å². The quantitative estimate of drug-likeness (QED) is 0.623. The highest BCUT2D eigenvalue weighted by atomic mass is 35.5. The molecular weight excluding hydrogens is 155 g/mol. The molecule has 1 heterocycles. The minimum absolute atomic E-state index is 0.00602. The highest BCUT2D eigenvalue weighted by molar-refractivity contribution is 6.30. The maximum Gasteiger partial charge on any atom is 0.168 e. The fourth-order valence-corrected chi connectivity index (χ4v) is 0.689. The highest BCUT2D eigenvalue weighted by Crippen LogP contribution is 2.13. The summed E-state index contributed by atoms with van der Waals surface area (Å²) < 4.78 is 12.7. The predicted octanol–water partition coefficient (Wildman–Crippen LogP) is 1.87. The fraction of sp³-hybridized carbons (Fsp3) is 0. The van der Waals surface area contributed by atoms with Gasteiger partial charge < -0.3 is 5.41 Å². The van der Waals surface area contributed by atoms with E-state index in [0.29, 0.717) is 0 Å². The van der Waals surface area contributed by atoms with E-state index in [1.807, 2.05) is 0 Å². The summed E-state index contributed by atoms with van der Waals surface area (Å²) in [5, 5.41) is 6.69. The first-order chi connectivity index (χ1) is 4.75. The van der Waals surface area contributed by atoms with E-state index in [4.69, 9.17) is 17.0 Å². The third-order valence-corrected chi connectivity index (χ3v) is 1.30. The van der Waals surface area contributed by atoms with E-state index in [0.717, 1.165) is 6.21 Å². The first kappa shape index (κ1) is 7.15. The van der Waals surface area contributed by atoms with Crippen LogP contribution in [-0.4, -0.2) is 11.2 Å². The van der Waals surface area contributed by atoms with E-state index in [2.05, 4.69) is 4.98 Å². The molecule has 1 rings (SSSR count). The Morgan fingerprint density at radius 2 is 2.40 bits per heavy atom. The van der Waals surface area contributed by atoms with Crippen molar-refractivity contribution in [1.82, 2.24) is 4.98 Å². The van der Waals surface area contributed by atoms with Crippen LogP contribution < -0.4 is 0 Å². The normalized spacial score (nSPS) is 9.40. The van der Waals surface area contributed by atoms with E-state index in [9.17, 15) is 4.39 Å². The standard InChI is InChI=1S/C6H4ClFN2/c7-4-1-2-10-5(3-9)6(4)8/h1-3,9H.